The average molecular weight is 266 g/mol. The third-order valence-corrected chi connectivity index (χ3v) is 3.13. The van der Waals surface area contributed by atoms with Crippen molar-refractivity contribution in [1.82, 2.24) is 0 Å². The fraction of sp³-hybridized carbons (Fsp3) is 0.417. The Bertz CT molecular complexity index is 517. The normalized spacial score (nSPS) is 18.7. The van der Waals surface area contributed by atoms with E-state index < -0.39 is 4.92 Å². The van der Waals surface area contributed by atoms with Crippen LogP contribution in [-0.2, 0) is 4.79 Å². The summed E-state index contributed by atoms with van der Waals surface area (Å²) >= 11 is 0. The zero-order valence-corrected chi connectivity index (χ0v) is 10.4. The van der Waals surface area contributed by atoms with E-state index in [9.17, 15) is 14.9 Å². The second-order valence-electron chi connectivity index (χ2n) is 4.37. The third kappa shape index (κ3) is 2.50. The van der Waals surface area contributed by atoms with Crippen molar-refractivity contribution in [1.29, 1.82) is 0 Å². The van der Waals surface area contributed by atoms with Gasteiger partial charge in [-0.3, -0.25) is 14.9 Å². The lowest BCUT2D eigenvalue weighted by Crippen LogP contribution is -2.24. The van der Waals surface area contributed by atoms with Gasteiger partial charge >= 0.3 is 5.69 Å². The van der Waals surface area contributed by atoms with Gasteiger partial charge in [0.2, 0.25) is 5.91 Å². The van der Waals surface area contributed by atoms with E-state index in [2.05, 4.69) is 0 Å². The second-order valence-corrected chi connectivity index (χ2v) is 4.37. The highest BCUT2D eigenvalue weighted by molar-refractivity contribution is 5.96. The first-order valence-electron chi connectivity index (χ1n) is 5.80. The molecule has 0 aromatic heterocycles. The highest BCUT2D eigenvalue weighted by Gasteiger charge is 2.31. The number of hydrogen-bond acceptors (Lipinski definition) is 5. The topological polar surface area (TPSA) is 92.9 Å². The molecule has 7 nitrogen and oxygen atoms in total. The Morgan fingerprint density at radius 3 is 2.84 bits per heavy atom. The van der Waals surface area contributed by atoms with Crippen LogP contribution in [0.1, 0.15) is 6.42 Å². The molecule has 1 aliphatic heterocycles. The van der Waals surface area contributed by atoms with Gasteiger partial charge in [0.05, 0.1) is 17.7 Å². The molecule has 0 saturated carbocycles. The Kier molecular flexibility index (Phi) is 3.66. The number of nitro groups is 1. The van der Waals surface area contributed by atoms with Crippen LogP contribution in [-0.4, -0.2) is 36.2 Å². The average Bonchev–Trinajstić information content (AvgIpc) is 2.79. The van der Waals surface area contributed by atoms with Crippen molar-refractivity contribution < 1.29 is 19.6 Å². The number of carbonyl (C=O) groups excluding carboxylic acids is 1. The molecule has 0 aliphatic carbocycles. The van der Waals surface area contributed by atoms with Crippen LogP contribution in [0.25, 0.3) is 0 Å². The van der Waals surface area contributed by atoms with E-state index in [4.69, 9.17) is 9.84 Å². The molecule has 1 aromatic carbocycles. The highest BCUT2D eigenvalue weighted by atomic mass is 16.6. The molecule has 1 saturated heterocycles. The van der Waals surface area contributed by atoms with E-state index in [1.165, 1.54) is 24.1 Å². The maximum atomic E-state index is 11.8. The number of anilines is 1. The van der Waals surface area contributed by atoms with Gasteiger partial charge in [-0.15, -0.1) is 0 Å². The number of amides is 1. The van der Waals surface area contributed by atoms with Crippen LogP contribution in [0.3, 0.4) is 0 Å². The van der Waals surface area contributed by atoms with Gasteiger partial charge in [0.1, 0.15) is 0 Å². The zero-order valence-electron chi connectivity index (χ0n) is 10.4. The summed E-state index contributed by atoms with van der Waals surface area (Å²) in [7, 11) is 1.35. The molecule has 1 N–H and O–H groups in total. The number of benzene rings is 1. The molecule has 19 heavy (non-hydrogen) atoms. The molecule has 1 fully saturated rings. The summed E-state index contributed by atoms with van der Waals surface area (Å²) in [6.07, 6.45) is 0.260. The number of aliphatic hydroxyl groups is 1. The van der Waals surface area contributed by atoms with Crippen molar-refractivity contribution in [3.63, 3.8) is 0 Å². The van der Waals surface area contributed by atoms with Crippen LogP contribution < -0.4 is 9.64 Å². The van der Waals surface area contributed by atoms with E-state index in [-0.39, 0.29) is 36.3 Å². The van der Waals surface area contributed by atoms with Crippen LogP contribution in [0.2, 0.25) is 0 Å². The minimum atomic E-state index is -0.549. The van der Waals surface area contributed by atoms with Crippen molar-refractivity contribution in [3.8, 4) is 5.75 Å². The van der Waals surface area contributed by atoms with Gasteiger partial charge < -0.3 is 14.7 Å². The largest absolute Gasteiger partial charge is 0.490 e. The fourth-order valence-corrected chi connectivity index (χ4v) is 2.14. The van der Waals surface area contributed by atoms with Gasteiger partial charge in [-0.1, -0.05) is 0 Å². The number of ether oxygens (including phenoxy) is 1. The molecule has 102 valence electrons. The lowest BCUT2D eigenvalue weighted by Gasteiger charge is -2.16. The number of methoxy groups -OCH3 is 1. The number of nitro benzene ring substituents is 1. The Morgan fingerprint density at radius 1 is 1.58 bits per heavy atom. The van der Waals surface area contributed by atoms with Gasteiger partial charge in [0.25, 0.3) is 0 Å². The molecule has 0 unspecified atom stereocenters. The SMILES string of the molecule is COc1ccc(N2C[C@H](CO)CC2=O)cc1[N+](=O)[O-]. The molecule has 1 aliphatic rings. The Hall–Kier alpha value is -2.15. The molecule has 2 rings (SSSR count). The van der Waals surface area contributed by atoms with Gasteiger partial charge in [-0.05, 0) is 12.1 Å². The maximum absolute atomic E-state index is 11.8. The number of aliphatic hydroxyl groups excluding tert-OH is 1. The van der Waals surface area contributed by atoms with Crippen molar-refractivity contribution >= 4 is 17.3 Å². The number of hydrogen-bond donors (Lipinski definition) is 1. The molecule has 7 heteroatoms. The molecular weight excluding hydrogens is 252 g/mol. The van der Waals surface area contributed by atoms with Crippen molar-refractivity contribution in [2.45, 2.75) is 6.42 Å². The van der Waals surface area contributed by atoms with Gasteiger partial charge in [-0.25, -0.2) is 0 Å². The standard InChI is InChI=1S/C12H14N2O5/c1-19-11-3-2-9(5-10(11)14(17)18)13-6-8(7-15)4-12(13)16/h2-3,5,8,15H,4,6-7H2,1H3/t8-/m1/s1. The van der Waals surface area contributed by atoms with E-state index in [1.54, 1.807) is 6.07 Å². The van der Waals surface area contributed by atoms with Gasteiger partial charge in [-0.2, -0.15) is 0 Å². The summed E-state index contributed by atoms with van der Waals surface area (Å²) in [5, 5.41) is 20.0. The van der Waals surface area contributed by atoms with Crippen molar-refractivity contribution in [3.05, 3.63) is 28.3 Å². The molecule has 1 heterocycles. The van der Waals surface area contributed by atoms with Crippen LogP contribution in [0.5, 0.6) is 5.75 Å². The third-order valence-electron chi connectivity index (χ3n) is 3.13. The summed E-state index contributed by atoms with van der Waals surface area (Å²) in [5.74, 6) is -0.105. The molecule has 1 amide bonds. The summed E-state index contributed by atoms with van der Waals surface area (Å²) in [5.41, 5.74) is 0.272. The number of carbonyl (C=O) groups is 1. The zero-order chi connectivity index (χ0) is 14.0. The Morgan fingerprint density at radius 2 is 2.32 bits per heavy atom. The Labute approximate surface area is 109 Å². The van der Waals surface area contributed by atoms with Crippen LogP contribution in [0.15, 0.2) is 18.2 Å². The van der Waals surface area contributed by atoms with E-state index in [0.29, 0.717) is 12.2 Å². The van der Waals surface area contributed by atoms with Crippen molar-refractivity contribution in [2.75, 3.05) is 25.2 Å². The number of nitrogens with zero attached hydrogens (tertiary/aromatic N) is 2. The predicted molar refractivity (Wildman–Crippen MR) is 67.2 cm³/mol. The highest BCUT2D eigenvalue weighted by Crippen LogP contribution is 2.33. The molecular formula is C12H14N2O5. The monoisotopic (exact) mass is 266 g/mol. The minimum Gasteiger partial charge on any atom is -0.490 e. The summed E-state index contributed by atoms with van der Waals surface area (Å²) in [4.78, 5) is 23.6. The quantitative estimate of drug-likeness (QED) is 0.647. The first-order valence-corrected chi connectivity index (χ1v) is 5.80. The summed E-state index contributed by atoms with van der Waals surface area (Å²) in [6.45, 7) is 0.305. The van der Waals surface area contributed by atoms with Crippen LogP contribution in [0.4, 0.5) is 11.4 Å². The molecule has 1 atom stereocenters. The Balaban J connectivity index is 2.33. The van der Waals surface area contributed by atoms with E-state index in [1.807, 2.05) is 0 Å². The maximum Gasteiger partial charge on any atom is 0.312 e. The second kappa shape index (κ2) is 5.23. The lowest BCUT2D eigenvalue weighted by molar-refractivity contribution is -0.385. The molecule has 0 radical (unpaired) electrons. The lowest BCUT2D eigenvalue weighted by atomic mass is 10.1. The fourth-order valence-electron chi connectivity index (χ4n) is 2.14. The predicted octanol–water partition coefficient (Wildman–Crippen LogP) is 0.949. The molecule has 1 aromatic rings. The molecule has 0 bridgehead atoms. The molecule has 0 spiro atoms. The first kappa shape index (κ1) is 13.3. The van der Waals surface area contributed by atoms with Crippen LogP contribution >= 0.6 is 0 Å². The smallest absolute Gasteiger partial charge is 0.312 e. The van der Waals surface area contributed by atoms with Gasteiger partial charge in [0, 0.05) is 31.6 Å². The first-order chi connectivity index (χ1) is 9.06. The summed E-state index contributed by atoms with van der Waals surface area (Å²) in [6, 6.07) is 4.38. The van der Waals surface area contributed by atoms with Gasteiger partial charge in [0.15, 0.2) is 5.75 Å². The summed E-state index contributed by atoms with van der Waals surface area (Å²) < 4.78 is 4.91. The van der Waals surface area contributed by atoms with Crippen molar-refractivity contribution in [2.24, 2.45) is 5.92 Å². The van der Waals surface area contributed by atoms with E-state index >= 15 is 0 Å². The number of rotatable bonds is 4. The van der Waals surface area contributed by atoms with Crippen LogP contribution in [0, 0.1) is 16.0 Å². The van der Waals surface area contributed by atoms with E-state index in [0.717, 1.165) is 0 Å². The minimum absolute atomic E-state index is 0.0690.